The van der Waals surface area contributed by atoms with Crippen LogP contribution in [0, 0.1) is 29.1 Å². The SMILES string of the molecule is O=C(O)c1cnnn1-c1c(F)c(F)c(F)c(F)c1F. The minimum Gasteiger partial charge on any atom is -0.476 e. The van der Waals surface area contributed by atoms with Crippen molar-refractivity contribution in [3.05, 3.63) is 41.0 Å². The molecule has 1 aromatic heterocycles. The third-order valence-corrected chi connectivity index (χ3v) is 2.17. The lowest BCUT2D eigenvalue weighted by molar-refractivity contribution is 0.0686. The molecule has 2 rings (SSSR count). The van der Waals surface area contributed by atoms with Gasteiger partial charge in [-0.2, -0.15) is 4.68 Å². The number of aromatic nitrogens is 3. The highest BCUT2D eigenvalue weighted by atomic mass is 19.2. The first-order valence-electron chi connectivity index (χ1n) is 4.52. The summed E-state index contributed by atoms with van der Waals surface area (Å²) in [5, 5.41) is 14.7. The Morgan fingerprint density at radius 3 is 1.95 bits per heavy atom. The molecule has 0 aliphatic rings. The van der Waals surface area contributed by atoms with Crippen molar-refractivity contribution < 1.29 is 31.9 Å². The van der Waals surface area contributed by atoms with Gasteiger partial charge in [-0.3, -0.25) is 0 Å². The molecule has 0 saturated heterocycles. The van der Waals surface area contributed by atoms with E-state index in [-0.39, 0.29) is 4.68 Å². The number of hydrogen-bond donors (Lipinski definition) is 1. The molecule has 19 heavy (non-hydrogen) atoms. The number of carbonyl (C=O) groups is 1. The zero-order valence-corrected chi connectivity index (χ0v) is 8.66. The van der Waals surface area contributed by atoms with Gasteiger partial charge in [-0.25, -0.2) is 26.7 Å². The third kappa shape index (κ3) is 1.80. The highest BCUT2D eigenvalue weighted by Crippen LogP contribution is 2.26. The molecule has 1 heterocycles. The van der Waals surface area contributed by atoms with Gasteiger partial charge < -0.3 is 5.11 Å². The number of aromatic carboxylic acids is 1. The Labute approximate surface area is 100 Å². The molecule has 0 fully saturated rings. The van der Waals surface area contributed by atoms with E-state index in [1.165, 1.54) is 0 Å². The number of hydrogen-bond acceptors (Lipinski definition) is 3. The van der Waals surface area contributed by atoms with Gasteiger partial charge in [-0.15, -0.1) is 5.10 Å². The minimum atomic E-state index is -2.35. The monoisotopic (exact) mass is 279 g/mol. The van der Waals surface area contributed by atoms with Gasteiger partial charge in [-0.1, -0.05) is 5.21 Å². The Morgan fingerprint density at radius 2 is 1.47 bits per heavy atom. The fourth-order valence-corrected chi connectivity index (χ4v) is 1.33. The average Bonchev–Trinajstić information content (AvgIpc) is 2.83. The Balaban J connectivity index is 2.83. The van der Waals surface area contributed by atoms with Crippen molar-refractivity contribution in [1.82, 2.24) is 15.0 Å². The molecular formula is C9H2F5N3O2. The lowest BCUT2D eigenvalue weighted by Gasteiger charge is -2.08. The summed E-state index contributed by atoms with van der Waals surface area (Å²) in [5.74, 6) is -12.9. The number of carboxylic acid groups (broad SMARTS) is 1. The van der Waals surface area contributed by atoms with E-state index in [2.05, 4.69) is 10.3 Å². The predicted molar refractivity (Wildman–Crippen MR) is 48.1 cm³/mol. The highest BCUT2D eigenvalue weighted by molar-refractivity contribution is 5.85. The van der Waals surface area contributed by atoms with Crippen molar-refractivity contribution in [3.8, 4) is 5.69 Å². The van der Waals surface area contributed by atoms with Crippen molar-refractivity contribution >= 4 is 5.97 Å². The summed E-state index contributed by atoms with van der Waals surface area (Å²) in [7, 11) is 0. The average molecular weight is 279 g/mol. The zero-order valence-electron chi connectivity index (χ0n) is 8.66. The van der Waals surface area contributed by atoms with E-state index in [0.717, 1.165) is 0 Å². The predicted octanol–water partition coefficient (Wildman–Crippen LogP) is 1.66. The summed E-state index contributed by atoms with van der Waals surface area (Å²) in [6, 6.07) is 0. The maximum absolute atomic E-state index is 13.4. The molecule has 0 atom stereocenters. The fourth-order valence-electron chi connectivity index (χ4n) is 1.33. The van der Waals surface area contributed by atoms with Crippen LogP contribution < -0.4 is 0 Å². The summed E-state index contributed by atoms with van der Waals surface area (Å²) in [6.07, 6.45) is 0.598. The van der Waals surface area contributed by atoms with Gasteiger partial charge in [0.05, 0.1) is 6.20 Å². The molecule has 0 unspecified atom stereocenters. The van der Waals surface area contributed by atoms with Crippen molar-refractivity contribution in [1.29, 1.82) is 0 Å². The molecule has 1 aromatic carbocycles. The van der Waals surface area contributed by atoms with E-state index in [1.807, 2.05) is 0 Å². The molecule has 10 heteroatoms. The van der Waals surface area contributed by atoms with Crippen LogP contribution >= 0.6 is 0 Å². The fraction of sp³-hybridized carbons (Fsp3) is 0. The second-order valence-corrected chi connectivity index (χ2v) is 3.25. The van der Waals surface area contributed by atoms with Gasteiger partial charge in [0.1, 0.15) is 5.69 Å². The van der Waals surface area contributed by atoms with Crippen molar-refractivity contribution in [2.45, 2.75) is 0 Å². The molecule has 0 radical (unpaired) electrons. The number of carboxylic acids is 1. The molecule has 5 nitrogen and oxygen atoms in total. The molecule has 1 N–H and O–H groups in total. The van der Waals surface area contributed by atoms with Crippen LogP contribution in [0.5, 0.6) is 0 Å². The molecule has 0 amide bonds. The van der Waals surface area contributed by atoms with E-state index in [1.54, 1.807) is 0 Å². The molecule has 0 aliphatic heterocycles. The molecule has 0 spiro atoms. The van der Waals surface area contributed by atoms with Crippen LogP contribution in [0.2, 0.25) is 0 Å². The van der Waals surface area contributed by atoms with Crippen LogP contribution in [0.1, 0.15) is 10.5 Å². The number of halogens is 5. The summed E-state index contributed by atoms with van der Waals surface area (Å²) < 4.78 is 65.5. The zero-order chi connectivity index (χ0) is 14.3. The first-order chi connectivity index (χ1) is 8.86. The van der Waals surface area contributed by atoms with Gasteiger partial charge in [0, 0.05) is 0 Å². The highest BCUT2D eigenvalue weighted by Gasteiger charge is 2.29. The second-order valence-electron chi connectivity index (χ2n) is 3.25. The van der Waals surface area contributed by atoms with Crippen molar-refractivity contribution in [3.63, 3.8) is 0 Å². The Morgan fingerprint density at radius 1 is 1.00 bits per heavy atom. The molecule has 100 valence electrons. The quantitative estimate of drug-likeness (QED) is 0.515. The smallest absolute Gasteiger partial charge is 0.356 e. The van der Waals surface area contributed by atoms with E-state index < -0.39 is 46.4 Å². The Bertz CT molecular complexity index is 656. The number of rotatable bonds is 2. The van der Waals surface area contributed by atoms with Gasteiger partial charge in [0.2, 0.25) is 5.82 Å². The standard InChI is InChI=1S/C9H2F5N3O2/c10-3-4(11)6(13)8(7(14)5(3)12)17-2(9(18)19)1-15-16-17/h1H,(H,18,19). The van der Waals surface area contributed by atoms with E-state index in [0.29, 0.717) is 6.20 Å². The number of nitrogens with zero attached hydrogens (tertiary/aromatic N) is 3. The van der Waals surface area contributed by atoms with Crippen LogP contribution in [-0.2, 0) is 0 Å². The second kappa shape index (κ2) is 4.30. The summed E-state index contributed by atoms with van der Waals surface area (Å²) in [4.78, 5) is 10.7. The normalized spacial score (nSPS) is 10.8. The van der Waals surface area contributed by atoms with E-state index in [9.17, 15) is 26.7 Å². The van der Waals surface area contributed by atoms with Gasteiger partial charge in [-0.05, 0) is 0 Å². The van der Waals surface area contributed by atoms with E-state index >= 15 is 0 Å². The Hall–Kier alpha value is -2.52. The summed E-state index contributed by atoms with van der Waals surface area (Å²) in [6.45, 7) is 0. The van der Waals surface area contributed by atoms with E-state index in [4.69, 9.17) is 5.11 Å². The van der Waals surface area contributed by atoms with Crippen LogP contribution in [0.4, 0.5) is 22.0 Å². The first kappa shape index (κ1) is 12.9. The molecule has 0 bridgehead atoms. The van der Waals surface area contributed by atoms with Gasteiger partial charge in [0.25, 0.3) is 0 Å². The van der Waals surface area contributed by atoms with Gasteiger partial charge >= 0.3 is 5.97 Å². The topological polar surface area (TPSA) is 68.0 Å². The van der Waals surface area contributed by atoms with Crippen LogP contribution in [0.3, 0.4) is 0 Å². The minimum absolute atomic E-state index is 0.0125. The molecule has 2 aromatic rings. The van der Waals surface area contributed by atoms with Gasteiger partial charge in [0.15, 0.2) is 29.0 Å². The lowest BCUT2D eigenvalue weighted by Crippen LogP contribution is -2.15. The maximum atomic E-state index is 13.4. The largest absolute Gasteiger partial charge is 0.476 e. The first-order valence-corrected chi connectivity index (χ1v) is 4.52. The summed E-state index contributed by atoms with van der Waals surface area (Å²) >= 11 is 0. The molecule has 0 saturated carbocycles. The van der Waals surface area contributed by atoms with Crippen molar-refractivity contribution in [2.75, 3.05) is 0 Å². The van der Waals surface area contributed by atoms with Crippen LogP contribution in [0.15, 0.2) is 6.20 Å². The summed E-state index contributed by atoms with van der Waals surface area (Å²) in [5.41, 5.74) is -2.37. The van der Waals surface area contributed by atoms with Crippen molar-refractivity contribution in [2.24, 2.45) is 0 Å². The van der Waals surface area contributed by atoms with Crippen LogP contribution in [-0.4, -0.2) is 26.1 Å². The number of benzene rings is 1. The molecule has 0 aliphatic carbocycles. The lowest BCUT2D eigenvalue weighted by atomic mass is 10.2. The molecular weight excluding hydrogens is 277 g/mol. The Kier molecular flexibility index (Phi) is 2.92. The maximum Gasteiger partial charge on any atom is 0.356 e. The van der Waals surface area contributed by atoms with Crippen LogP contribution in [0.25, 0.3) is 5.69 Å². The third-order valence-electron chi connectivity index (χ3n) is 2.17.